The molecule has 5 unspecified atom stereocenters. The normalized spacial score (nSPS) is 32.0. The van der Waals surface area contributed by atoms with Crippen molar-refractivity contribution < 1.29 is 23.3 Å². The highest BCUT2D eigenvalue weighted by atomic mass is 32.7. The van der Waals surface area contributed by atoms with Crippen molar-refractivity contribution in [1.29, 1.82) is 0 Å². The molecule has 0 amide bonds. The molecule has 11 heteroatoms. The number of aromatic amines is 1. The molecule has 2 N–H and O–H groups in total. The lowest BCUT2D eigenvalue weighted by Crippen LogP contribution is -2.37. The molecule has 0 bridgehead atoms. The summed E-state index contributed by atoms with van der Waals surface area (Å²) in [7, 11) is -2.77. The third-order valence-electron chi connectivity index (χ3n) is 3.04. The van der Waals surface area contributed by atoms with Crippen LogP contribution < -0.4 is 11.2 Å². The van der Waals surface area contributed by atoms with Crippen molar-refractivity contribution in [1.82, 2.24) is 9.55 Å². The fourth-order valence-electron chi connectivity index (χ4n) is 2.14. The molecule has 2 rings (SSSR count). The smallest absolute Gasteiger partial charge is 0.330 e. The van der Waals surface area contributed by atoms with E-state index in [9.17, 15) is 23.7 Å². The molecule has 1 saturated heterocycles. The number of nitrogens with one attached hydrogen (secondary N) is 1. The van der Waals surface area contributed by atoms with E-state index < -0.39 is 49.2 Å². The number of aliphatic hydroxyl groups excluding tert-OH is 1. The van der Waals surface area contributed by atoms with E-state index in [1.165, 1.54) is 6.92 Å². The van der Waals surface area contributed by atoms with E-state index in [1.807, 2.05) is 4.98 Å². The maximum absolute atomic E-state index is 14.4. The molecule has 0 radical (unpaired) electrons. The van der Waals surface area contributed by atoms with Gasteiger partial charge in [-0.2, -0.15) is 0 Å². The van der Waals surface area contributed by atoms with Crippen LogP contribution >= 0.6 is 19.5 Å². The number of alkyl halides is 1. The quantitative estimate of drug-likeness (QED) is 0.520. The van der Waals surface area contributed by atoms with Gasteiger partial charge in [0.2, 0.25) is 7.23 Å². The van der Waals surface area contributed by atoms with Gasteiger partial charge in [-0.05, 0) is 6.92 Å². The van der Waals surface area contributed by atoms with Gasteiger partial charge in [-0.25, -0.2) is 9.18 Å². The summed E-state index contributed by atoms with van der Waals surface area (Å²) in [6, 6.07) is 1.03. The first-order valence-electron chi connectivity index (χ1n) is 6.00. The lowest BCUT2D eigenvalue weighted by Gasteiger charge is -2.20. The number of rotatable bonds is 4. The van der Waals surface area contributed by atoms with Crippen molar-refractivity contribution in [2.75, 3.05) is 0 Å². The summed E-state index contributed by atoms with van der Waals surface area (Å²) in [5.74, 6) is 0. The number of thiol groups is 1. The van der Waals surface area contributed by atoms with Gasteiger partial charge in [0.05, 0.1) is 6.10 Å². The minimum Gasteiger partial charge on any atom is -0.391 e. The highest BCUT2D eigenvalue weighted by Crippen LogP contribution is 2.40. The van der Waals surface area contributed by atoms with Crippen LogP contribution in [0.5, 0.6) is 0 Å². The van der Waals surface area contributed by atoms with Gasteiger partial charge in [-0.3, -0.25) is 18.9 Å². The minimum absolute atomic E-state index is 0.634. The molecule has 1 aliphatic heterocycles. The molecule has 1 aromatic heterocycles. The lowest BCUT2D eigenvalue weighted by molar-refractivity contribution is -0.0747. The van der Waals surface area contributed by atoms with Gasteiger partial charge in [-0.15, -0.1) is 0 Å². The van der Waals surface area contributed by atoms with Crippen LogP contribution in [-0.2, 0) is 13.8 Å². The van der Waals surface area contributed by atoms with E-state index >= 15 is 0 Å². The van der Waals surface area contributed by atoms with Crippen LogP contribution in [0.3, 0.4) is 0 Å². The number of hydrogen-bond acceptors (Lipinski definition) is 6. The van der Waals surface area contributed by atoms with Crippen molar-refractivity contribution in [3.05, 3.63) is 33.1 Å². The van der Waals surface area contributed by atoms with Crippen LogP contribution in [0.2, 0.25) is 0 Å². The number of nitrogens with zero attached hydrogens (tertiary/aromatic N) is 1. The zero-order valence-electron chi connectivity index (χ0n) is 10.8. The zero-order chi connectivity index (χ0) is 15.7. The van der Waals surface area contributed by atoms with Gasteiger partial charge < -0.3 is 14.4 Å². The summed E-state index contributed by atoms with van der Waals surface area (Å²) in [5.41, 5.74) is -1.50. The highest BCUT2D eigenvalue weighted by Gasteiger charge is 2.49. The van der Waals surface area contributed by atoms with Crippen LogP contribution in [0.15, 0.2) is 21.9 Å². The molecule has 1 aromatic rings. The number of aromatic nitrogens is 2. The molecule has 1 fully saturated rings. The third-order valence-corrected chi connectivity index (χ3v) is 3.83. The summed E-state index contributed by atoms with van der Waals surface area (Å²) in [6.45, 7) is 1.35. The molecule has 118 valence electrons. The van der Waals surface area contributed by atoms with Crippen LogP contribution in [0.1, 0.15) is 13.2 Å². The maximum atomic E-state index is 14.4. The summed E-state index contributed by atoms with van der Waals surface area (Å²) in [4.78, 5) is 24.6. The Balaban J connectivity index is 2.35. The molecule has 0 aromatic carbocycles. The lowest BCUT2D eigenvalue weighted by atomic mass is 10.1. The molecule has 8 nitrogen and oxygen atoms in total. The molecule has 0 spiro atoms. The predicted molar refractivity (Wildman–Crippen MR) is 74.7 cm³/mol. The van der Waals surface area contributed by atoms with Crippen molar-refractivity contribution in [3.63, 3.8) is 0 Å². The van der Waals surface area contributed by atoms with Gasteiger partial charge in [0.15, 0.2) is 12.4 Å². The molecule has 0 aliphatic carbocycles. The zero-order valence-corrected chi connectivity index (χ0v) is 12.7. The van der Waals surface area contributed by atoms with Crippen LogP contribution in [0.4, 0.5) is 4.39 Å². The van der Waals surface area contributed by atoms with E-state index in [0.29, 0.717) is 0 Å². The summed E-state index contributed by atoms with van der Waals surface area (Å²) in [6.07, 6.45) is -5.78. The van der Waals surface area contributed by atoms with E-state index in [-0.39, 0.29) is 0 Å². The second kappa shape index (κ2) is 6.45. The highest BCUT2D eigenvalue weighted by molar-refractivity contribution is 8.39. The van der Waals surface area contributed by atoms with Gasteiger partial charge >= 0.3 is 5.69 Å². The first kappa shape index (κ1) is 16.4. The monoisotopic (exact) mass is 340 g/mol. The summed E-state index contributed by atoms with van der Waals surface area (Å²) < 4.78 is 36.5. The fraction of sp³-hybridized carbons (Fsp3) is 0.600. The minimum atomic E-state index is -2.77. The van der Waals surface area contributed by atoms with E-state index in [4.69, 9.17) is 9.26 Å². The second-order valence-electron chi connectivity index (χ2n) is 4.54. The van der Waals surface area contributed by atoms with Gasteiger partial charge in [0.25, 0.3) is 5.56 Å². The molecular formula is C10H14FN2O6PS. The second-order valence-corrected chi connectivity index (χ2v) is 6.41. The number of ether oxygens (including phenoxy) is 1. The SMILES string of the molecule is C[C@@H](O)C1OC(n2ccc(=O)[nH]c2=O)C(F)C1O[PH](=O)S. The Hall–Kier alpha value is -0.930. The van der Waals surface area contributed by atoms with Gasteiger partial charge in [0.1, 0.15) is 12.2 Å². The van der Waals surface area contributed by atoms with Crippen molar-refractivity contribution >= 4 is 19.5 Å². The van der Waals surface area contributed by atoms with Crippen LogP contribution in [0.25, 0.3) is 0 Å². The molecule has 21 heavy (non-hydrogen) atoms. The Morgan fingerprint density at radius 1 is 1.62 bits per heavy atom. The van der Waals surface area contributed by atoms with Crippen molar-refractivity contribution in [3.8, 4) is 0 Å². The van der Waals surface area contributed by atoms with Crippen molar-refractivity contribution in [2.45, 2.75) is 37.6 Å². The van der Waals surface area contributed by atoms with Crippen LogP contribution in [0, 0.1) is 0 Å². The Kier molecular flexibility index (Phi) is 5.05. The Morgan fingerprint density at radius 3 is 2.81 bits per heavy atom. The Labute approximate surface area is 123 Å². The first-order chi connectivity index (χ1) is 9.81. The molecule has 2 heterocycles. The number of aliphatic hydroxyl groups is 1. The molecular weight excluding hydrogens is 326 g/mol. The molecule has 6 atom stereocenters. The van der Waals surface area contributed by atoms with Crippen LogP contribution in [-0.4, -0.2) is 39.1 Å². The first-order valence-corrected chi connectivity index (χ1v) is 8.60. The van der Waals surface area contributed by atoms with E-state index in [2.05, 4.69) is 12.2 Å². The predicted octanol–water partition coefficient (Wildman–Crippen LogP) is -0.142. The molecule has 0 saturated carbocycles. The van der Waals surface area contributed by atoms with E-state index in [1.54, 1.807) is 0 Å². The average Bonchev–Trinajstić information content (AvgIpc) is 2.67. The standard InChI is InChI=1S/C10H14FN2O6PS/c1-4(14)7-8(19-20(17)21)6(11)9(18-7)13-3-2-5(15)12-10(13)16/h2-4,6-9,14,20H,1H3,(H,17,21)(H,12,15,16)/t4-,6?,7?,8?,9?/m1/s1. The fourth-order valence-corrected chi connectivity index (χ4v) is 3.00. The number of H-pyrrole nitrogens is 1. The summed E-state index contributed by atoms with van der Waals surface area (Å²) >= 11 is 3.58. The Morgan fingerprint density at radius 2 is 2.29 bits per heavy atom. The van der Waals surface area contributed by atoms with Gasteiger partial charge in [0, 0.05) is 12.3 Å². The molecule has 1 aliphatic rings. The number of halogens is 1. The maximum Gasteiger partial charge on any atom is 0.330 e. The third kappa shape index (κ3) is 3.46. The number of hydrogen-bond donors (Lipinski definition) is 3. The topological polar surface area (TPSA) is 111 Å². The summed E-state index contributed by atoms with van der Waals surface area (Å²) in [5, 5.41) is 9.60. The Bertz CT molecular complexity index is 649. The average molecular weight is 340 g/mol. The van der Waals surface area contributed by atoms with E-state index in [0.717, 1.165) is 16.8 Å². The largest absolute Gasteiger partial charge is 0.391 e. The van der Waals surface area contributed by atoms with Crippen molar-refractivity contribution in [2.24, 2.45) is 0 Å². The van der Waals surface area contributed by atoms with Gasteiger partial charge in [-0.1, -0.05) is 12.2 Å².